The number of benzene rings is 2. The van der Waals surface area contributed by atoms with Crippen molar-refractivity contribution in [3.05, 3.63) is 76.9 Å². The lowest BCUT2D eigenvalue weighted by Crippen LogP contribution is -2.30. The highest BCUT2D eigenvalue weighted by atomic mass is 19.1. The lowest BCUT2D eigenvalue weighted by molar-refractivity contribution is 0.0999. The van der Waals surface area contributed by atoms with Gasteiger partial charge in [0.15, 0.2) is 5.78 Å². The second-order valence-corrected chi connectivity index (χ2v) is 7.58. The smallest absolute Gasteiger partial charge is 0.185 e. The van der Waals surface area contributed by atoms with Crippen LogP contribution in [0.4, 0.5) is 14.5 Å². The Balaban J connectivity index is 1.74. The van der Waals surface area contributed by atoms with Crippen LogP contribution >= 0.6 is 0 Å². The predicted octanol–water partition coefficient (Wildman–Crippen LogP) is 2.53. The van der Waals surface area contributed by atoms with Crippen LogP contribution in [0.25, 0.3) is 0 Å². The first-order valence-corrected chi connectivity index (χ1v) is 9.96. The summed E-state index contributed by atoms with van der Waals surface area (Å²) < 4.78 is 29.5. The van der Waals surface area contributed by atoms with Crippen LogP contribution in [0, 0.1) is 11.6 Å². The van der Waals surface area contributed by atoms with Gasteiger partial charge >= 0.3 is 0 Å². The zero-order valence-corrected chi connectivity index (χ0v) is 16.4. The van der Waals surface area contributed by atoms with E-state index in [1.165, 1.54) is 30.6 Å². The van der Waals surface area contributed by atoms with E-state index in [0.29, 0.717) is 29.3 Å². The van der Waals surface area contributed by atoms with Gasteiger partial charge in [0, 0.05) is 29.3 Å². The summed E-state index contributed by atoms with van der Waals surface area (Å²) in [6, 6.07) is 8.78. The molecule has 0 amide bonds. The van der Waals surface area contributed by atoms with Crippen LogP contribution < -0.4 is 5.32 Å². The van der Waals surface area contributed by atoms with Crippen LogP contribution in [0.5, 0.6) is 0 Å². The molecule has 2 N–H and O–H groups in total. The van der Waals surface area contributed by atoms with Crippen molar-refractivity contribution in [1.29, 1.82) is 0 Å². The topological polar surface area (TPSA) is 92.4 Å². The molecule has 7 nitrogen and oxygen atoms in total. The quantitative estimate of drug-likeness (QED) is 0.673. The first kappa shape index (κ1) is 19.5. The van der Waals surface area contributed by atoms with E-state index in [0.717, 1.165) is 5.56 Å². The van der Waals surface area contributed by atoms with Gasteiger partial charge in [-0.15, -0.1) is 0 Å². The Morgan fingerprint density at radius 1 is 1.16 bits per heavy atom. The third-order valence-corrected chi connectivity index (χ3v) is 5.80. The molecule has 2 aliphatic rings. The number of carbonyl (C=O) groups is 1. The highest BCUT2D eigenvalue weighted by molar-refractivity contribution is 6.20. The molecule has 9 heteroatoms. The van der Waals surface area contributed by atoms with Crippen molar-refractivity contribution in [2.75, 3.05) is 25.0 Å². The van der Waals surface area contributed by atoms with Gasteiger partial charge in [0.1, 0.15) is 30.3 Å². The first-order valence-electron chi connectivity index (χ1n) is 9.96. The number of nitrogens with zero attached hydrogens (tertiary/aromatic N) is 4. The summed E-state index contributed by atoms with van der Waals surface area (Å²) in [6.45, 7) is 0.405. The van der Waals surface area contributed by atoms with E-state index in [4.69, 9.17) is 0 Å². The summed E-state index contributed by atoms with van der Waals surface area (Å²) >= 11 is 0. The molecular formula is C22H19F2N5O2. The van der Waals surface area contributed by atoms with Crippen molar-refractivity contribution in [3.63, 3.8) is 0 Å². The summed E-state index contributed by atoms with van der Waals surface area (Å²) in [5.41, 5.74) is 2.78. The number of aliphatic hydroxyl groups excluding tert-OH is 1. The molecular weight excluding hydrogens is 404 g/mol. The van der Waals surface area contributed by atoms with Crippen molar-refractivity contribution in [3.8, 4) is 0 Å². The molecule has 0 spiro atoms. The Bertz CT molecular complexity index is 1190. The summed E-state index contributed by atoms with van der Waals surface area (Å²) in [6.07, 6.45) is 1.41. The fourth-order valence-corrected chi connectivity index (χ4v) is 4.45. The number of ketones is 1. The molecule has 3 aromatic rings. The van der Waals surface area contributed by atoms with E-state index >= 15 is 0 Å². The third kappa shape index (κ3) is 3.31. The fraction of sp³-hybridized carbons (Fsp3) is 0.273. The number of carbonyl (C=O) groups excluding carboxylic acids is 1. The van der Waals surface area contributed by atoms with Crippen LogP contribution in [0.15, 0.2) is 47.7 Å². The molecule has 2 aromatic carbocycles. The minimum atomic E-state index is -0.504. The van der Waals surface area contributed by atoms with Crippen molar-refractivity contribution >= 4 is 17.2 Å². The molecule has 5 rings (SSSR count). The number of aromatic nitrogens is 3. The molecule has 0 fully saturated rings. The monoisotopic (exact) mass is 423 g/mol. The van der Waals surface area contributed by atoms with Crippen LogP contribution in [-0.4, -0.2) is 51.1 Å². The van der Waals surface area contributed by atoms with Crippen molar-refractivity contribution in [2.45, 2.75) is 18.4 Å². The minimum absolute atomic E-state index is 0.0913. The van der Waals surface area contributed by atoms with E-state index in [1.54, 1.807) is 16.8 Å². The number of aliphatic hydroxyl groups is 1. The number of Topliss-reactive ketones (excluding diaryl/α,β-unsaturated/α-hetero) is 1. The number of anilines is 1. The lowest BCUT2D eigenvalue weighted by Gasteiger charge is -2.28. The molecule has 31 heavy (non-hydrogen) atoms. The number of halogens is 2. The van der Waals surface area contributed by atoms with Crippen LogP contribution in [-0.2, 0) is 6.54 Å². The maximum absolute atomic E-state index is 14.3. The molecule has 0 radical (unpaired) electrons. The van der Waals surface area contributed by atoms with Crippen LogP contribution in [0.3, 0.4) is 0 Å². The van der Waals surface area contributed by atoms with Gasteiger partial charge in [0.25, 0.3) is 0 Å². The molecule has 1 aromatic heterocycles. The molecule has 2 unspecified atom stereocenters. The highest BCUT2D eigenvalue weighted by Gasteiger charge is 2.40. The number of aliphatic imine (C=N–C) groups is 1. The summed E-state index contributed by atoms with van der Waals surface area (Å²) in [7, 11) is 0. The third-order valence-electron chi connectivity index (χ3n) is 5.80. The Morgan fingerprint density at radius 3 is 2.74 bits per heavy atom. The molecule has 2 atom stereocenters. The van der Waals surface area contributed by atoms with E-state index in [2.05, 4.69) is 20.4 Å². The summed E-state index contributed by atoms with van der Waals surface area (Å²) in [5.74, 6) is -1.23. The number of nitrogens with one attached hydrogen (secondary N) is 1. The van der Waals surface area contributed by atoms with Crippen molar-refractivity contribution in [1.82, 2.24) is 14.8 Å². The van der Waals surface area contributed by atoms with E-state index in [9.17, 15) is 18.7 Å². The molecule has 2 aliphatic heterocycles. The van der Waals surface area contributed by atoms with Gasteiger partial charge in [-0.05, 0) is 29.8 Å². The molecule has 0 saturated carbocycles. The molecule has 0 aliphatic carbocycles. The zero-order chi connectivity index (χ0) is 21.5. The maximum Gasteiger partial charge on any atom is 0.185 e. The van der Waals surface area contributed by atoms with Gasteiger partial charge in [0.2, 0.25) is 0 Å². The maximum atomic E-state index is 14.3. The van der Waals surface area contributed by atoms with Gasteiger partial charge in [-0.1, -0.05) is 12.1 Å². The van der Waals surface area contributed by atoms with E-state index < -0.39 is 11.7 Å². The number of rotatable bonds is 4. The molecule has 3 heterocycles. The number of hydrogen-bond donors (Lipinski definition) is 2. The van der Waals surface area contributed by atoms with Gasteiger partial charge < -0.3 is 10.4 Å². The SMILES string of the molecule is O=C1CN=C2c3c(cc(F)cc31)NCC(c1ccc(F)cc1)C2c1ncnn1CCO. The number of hydrogen-bond acceptors (Lipinski definition) is 6. The Kier molecular flexibility index (Phi) is 4.82. The van der Waals surface area contributed by atoms with Crippen LogP contribution in [0.1, 0.15) is 39.1 Å². The fourth-order valence-electron chi connectivity index (χ4n) is 4.45. The molecule has 0 bridgehead atoms. The highest BCUT2D eigenvalue weighted by Crippen LogP contribution is 2.42. The molecule has 158 valence electrons. The second kappa shape index (κ2) is 7.66. The average molecular weight is 423 g/mol. The van der Waals surface area contributed by atoms with E-state index in [1.807, 2.05) is 0 Å². The minimum Gasteiger partial charge on any atom is -0.394 e. The average Bonchev–Trinajstić information content (AvgIpc) is 3.14. The van der Waals surface area contributed by atoms with Gasteiger partial charge in [0.05, 0.1) is 24.8 Å². The summed E-state index contributed by atoms with van der Waals surface area (Å²) in [4.78, 5) is 21.6. The lowest BCUT2D eigenvalue weighted by atomic mass is 9.78. The second-order valence-electron chi connectivity index (χ2n) is 7.58. The van der Waals surface area contributed by atoms with Gasteiger partial charge in [-0.3, -0.25) is 9.79 Å². The van der Waals surface area contributed by atoms with Crippen LogP contribution in [0.2, 0.25) is 0 Å². The summed E-state index contributed by atoms with van der Waals surface area (Å²) in [5, 5.41) is 17.0. The largest absolute Gasteiger partial charge is 0.394 e. The van der Waals surface area contributed by atoms with Gasteiger partial charge in [-0.25, -0.2) is 18.4 Å². The zero-order valence-electron chi connectivity index (χ0n) is 16.4. The molecule has 0 saturated heterocycles. The Labute approximate surface area is 176 Å². The Morgan fingerprint density at radius 2 is 1.97 bits per heavy atom. The van der Waals surface area contributed by atoms with Crippen molar-refractivity contribution in [2.24, 2.45) is 4.99 Å². The van der Waals surface area contributed by atoms with Gasteiger partial charge in [-0.2, -0.15) is 5.10 Å². The standard InChI is InChI=1S/C22H19F2N5O2/c23-13-3-1-12(2-4-13)16-9-25-17-8-14(24)7-15-18(31)10-26-21(19(15)17)20(16)22-27-11-28-29(22)5-6-30/h1-4,7-8,11,16,20,25,30H,5-6,9-10H2. The van der Waals surface area contributed by atoms with E-state index in [-0.39, 0.29) is 42.8 Å². The predicted molar refractivity (Wildman–Crippen MR) is 110 cm³/mol. The normalized spacial score (nSPS) is 20.0. The first-order chi connectivity index (χ1) is 15.1. The Hall–Kier alpha value is -3.46. The van der Waals surface area contributed by atoms with Crippen molar-refractivity contribution < 1.29 is 18.7 Å².